The first-order valence-electron chi connectivity index (χ1n) is 11.4. The maximum absolute atomic E-state index is 7.21. The molecule has 1 unspecified atom stereocenters. The van der Waals surface area contributed by atoms with Crippen molar-refractivity contribution in [1.82, 2.24) is 0 Å². The molecule has 154 valence electrons. The number of hydrogen-bond acceptors (Lipinski definition) is 2. The molecule has 0 N–H and O–H groups in total. The molecule has 2 aromatic carbocycles. The van der Waals surface area contributed by atoms with E-state index in [0.717, 1.165) is 24.4 Å². The predicted octanol–water partition coefficient (Wildman–Crippen LogP) is 4.77. The van der Waals surface area contributed by atoms with Gasteiger partial charge in [0, 0.05) is 6.61 Å². The van der Waals surface area contributed by atoms with Crippen molar-refractivity contribution >= 4 is 18.7 Å². The zero-order chi connectivity index (χ0) is 20.1. The fourth-order valence-electron chi connectivity index (χ4n) is 6.01. The van der Waals surface area contributed by atoms with Crippen LogP contribution in [0.4, 0.5) is 0 Å². The van der Waals surface area contributed by atoms with Crippen molar-refractivity contribution in [3.05, 3.63) is 60.7 Å². The Balaban J connectivity index is 1.43. The van der Waals surface area contributed by atoms with Gasteiger partial charge in [0.2, 0.25) is 0 Å². The van der Waals surface area contributed by atoms with E-state index in [9.17, 15) is 0 Å². The summed E-state index contributed by atoms with van der Waals surface area (Å²) in [6.07, 6.45) is 6.36. The van der Waals surface area contributed by atoms with E-state index in [4.69, 9.17) is 9.16 Å². The second-order valence-electron chi connectivity index (χ2n) is 10.3. The quantitative estimate of drug-likeness (QED) is 0.527. The molecule has 0 aromatic heterocycles. The summed E-state index contributed by atoms with van der Waals surface area (Å²) in [5.41, 5.74) is 0. The van der Waals surface area contributed by atoms with Gasteiger partial charge in [0.1, 0.15) is 0 Å². The van der Waals surface area contributed by atoms with E-state index >= 15 is 0 Å². The van der Waals surface area contributed by atoms with Gasteiger partial charge in [-0.1, -0.05) is 81.4 Å². The third-order valence-corrected chi connectivity index (χ3v) is 12.7. The third-order valence-electron chi connectivity index (χ3n) is 7.67. The Labute approximate surface area is 176 Å². The molecule has 0 bridgehead atoms. The van der Waals surface area contributed by atoms with Crippen LogP contribution in [-0.2, 0) is 9.16 Å². The molecule has 3 heteroatoms. The van der Waals surface area contributed by atoms with Crippen LogP contribution >= 0.6 is 0 Å². The summed E-state index contributed by atoms with van der Waals surface area (Å²) in [6.45, 7) is 8.04. The van der Waals surface area contributed by atoms with E-state index in [2.05, 4.69) is 81.4 Å². The molecule has 2 saturated carbocycles. The van der Waals surface area contributed by atoms with Crippen molar-refractivity contribution < 1.29 is 9.16 Å². The average Bonchev–Trinajstić information content (AvgIpc) is 3.60. The smallest absolute Gasteiger partial charge is 0.261 e. The molecule has 3 fully saturated rings. The zero-order valence-electron chi connectivity index (χ0n) is 18.0. The summed E-state index contributed by atoms with van der Waals surface area (Å²) in [7, 11) is -2.39. The van der Waals surface area contributed by atoms with E-state index in [1.807, 2.05) is 0 Å². The Morgan fingerprint density at radius 3 is 1.72 bits per heavy atom. The summed E-state index contributed by atoms with van der Waals surface area (Å²) >= 11 is 0. The topological polar surface area (TPSA) is 21.8 Å². The van der Waals surface area contributed by atoms with Crippen LogP contribution in [0.25, 0.3) is 0 Å². The number of epoxide rings is 1. The lowest BCUT2D eigenvalue weighted by atomic mass is 10.0. The van der Waals surface area contributed by atoms with Gasteiger partial charge >= 0.3 is 0 Å². The van der Waals surface area contributed by atoms with Crippen molar-refractivity contribution in [1.29, 1.82) is 0 Å². The molecule has 1 aliphatic heterocycles. The van der Waals surface area contributed by atoms with Gasteiger partial charge in [0.05, 0.1) is 12.2 Å². The molecule has 0 radical (unpaired) electrons. The summed E-state index contributed by atoms with van der Waals surface area (Å²) in [5, 5.41) is 2.86. The Morgan fingerprint density at radius 2 is 1.28 bits per heavy atom. The van der Waals surface area contributed by atoms with Gasteiger partial charge in [-0.05, 0) is 58.8 Å². The van der Waals surface area contributed by atoms with Crippen molar-refractivity contribution in [2.75, 3.05) is 6.61 Å². The maximum Gasteiger partial charge on any atom is 0.261 e. The molecule has 5 rings (SSSR count). The van der Waals surface area contributed by atoms with Crippen LogP contribution in [0.15, 0.2) is 60.7 Å². The van der Waals surface area contributed by atoms with E-state index in [1.54, 1.807) is 0 Å². The minimum atomic E-state index is -2.39. The van der Waals surface area contributed by atoms with E-state index < -0.39 is 8.32 Å². The van der Waals surface area contributed by atoms with Crippen LogP contribution in [-0.4, -0.2) is 27.1 Å². The molecular formula is C26H34O2Si. The molecule has 3 aliphatic rings. The molecule has 29 heavy (non-hydrogen) atoms. The average molecular weight is 407 g/mol. The lowest BCUT2D eigenvalue weighted by Crippen LogP contribution is -2.66. The van der Waals surface area contributed by atoms with Gasteiger partial charge in [-0.3, -0.25) is 0 Å². The largest absolute Gasteiger partial charge is 0.407 e. The minimum Gasteiger partial charge on any atom is -0.407 e. The summed E-state index contributed by atoms with van der Waals surface area (Å²) in [5.74, 6) is 2.46. The van der Waals surface area contributed by atoms with E-state index in [0.29, 0.717) is 12.2 Å². The third kappa shape index (κ3) is 3.52. The van der Waals surface area contributed by atoms with Crippen LogP contribution in [0.3, 0.4) is 0 Å². The second kappa shape index (κ2) is 7.37. The number of hydrogen-bond donors (Lipinski definition) is 0. The molecule has 5 atom stereocenters. The molecule has 1 saturated heterocycles. The van der Waals surface area contributed by atoms with Crippen molar-refractivity contribution in [2.24, 2.45) is 17.8 Å². The molecule has 2 aliphatic carbocycles. The summed E-state index contributed by atoms with van der Waals surface area (Å²) in [4.78, 5) is 0. The van der Waals surface area contributed by atoms with Crippen molar-refractivity contribution in [3.63, 3.8) is 0 Å². The number of benzene rings is 2. The molecule has 0 amide bonds. The first-order valence-corrected chi connectivity index (χ1v) is 13.3. The van der Waals surface area contributed by atoms with Gasteiger partial charge in [-0.15, -0.1) is 0 Å². The van der Waals surface area contributed by atoms with Gasteiger partial charge in [0.25, 0.3) is 8.32 Å². The Hall–Kier alpha value is -1.42. The van der Waals surface area contributed by atoms with Crippen molar-refractivity contribution in [3.8, 4) is 0 Å². The van der Waals surface area contributed by atoms with Gasteiger partial charge in [-0.25, -0.2) is 0 Å². The molecular weight excluding hydrogens is 372 g/mol. The highest BCUT2D eigenvalue weighted by Gasteiger charge is 2.56. The predicted molar refractivity (Wildman–Crippen MR) is 121 cm³/mol. The number of fused-ring (bicyclic) bond motifs is 2. The molecule has 0 spiro atoms. The lowest BCUT2D eigenvalue weighted by Gasteiger charge is -2.43. The highest BCUT2D eigenvalue weighted by molar-refractivity contribution is 6.99. The molecule has 1 heterocycles. The Kier molecular flexibility index (Phi) is 4.96. The summed E-state index contributed by atoms with van der Waals surface area (Å²) < 4.78 is 13.0. The van der Waals surface area contributed by atoms with Gasteiger partial charge < -0.3 is 9.16 Å². The number of rotatable bonds is 5. The lowest BCUT2D eigenvalue weighted by molar-refractivity contribution is 0.264. The Morgan fingerprint density at radius 1 is 0.793 bits per heavy atom. The van der Waals surface area contributed by atoms with Crippen molar-refractivity contribution in [2.45, 2.75) is 63.7 Å². The first-order chi connectivity index (χ1) is 14.0. The SMILES string of the molecule is CC(C)(C)[Si](OCC1[C@H]2CC[C@@H]3O[C@@H]3CC[C@@H]12)(c1ccccc1)c1ccccc1. The number of ether oxygens (including phenoxy) is 1. The molecule has 2 nitrogen and oxygen atoms in total. The van der Waals surface area contributed by atoms with Crippen LogP contribution in [0.2, 0.25) is 5.04 Å². The fourth-order valence-corrected chi connectivity index (χ4v) is 10.6. The Bertz CT molecular complexity index is 771. The van der Waals surface area contributed by atoms with Crippen LogP contribution in [0.1, 0.15) is 46.5 Å². The highest BCUT2D eigenvalue weighted by atomic mass is 28.4. The zero-order valence-corrected chi connectivity index (χ0v) is 19.0. The van der Waals surface area contributed by atoms with Crippen LogP contribution in [0, 0.1) is 17.8 Å². The normalized spacial score (nSPS) is 31.2. The van der Waals surface area contributed by atoms with Crippen LogP contribution in [0.5, 0.6) is 0 Å². The van der Waals surface area contributed by atoms with Gasteiger partial charge in [0.15, 0.2) is 0 Å². The second-order valence-corrected chi connectivity index (χ2v) is 14.6. The fraction of sp³-hybridized carbons (Fsp3) is 0.538. The monoisotopic (exact) mass is 406 g/mol. The van der Waals surface area contributed by atoms with E-state index in [-0.39, 0.29) is 5.04 Å². The first kappa shape index (κ1) is 19.5. The minimum absolute atomic E-state index is 0.0685. The summed E-state index contributed by atoms with van der Waals surface area (Å²) in [6, 6.07) is 22.1. The van der Waals surface area contributed by atoms with Gasteiger partial charge in [-0.2, -0.15) is 0 Å². The molecule has 2 aromatic rings. The highest BCUT2D eigenvalue weighted by Crippen LogP contribution is 2.56. The van der Waals surface area contributed by atoms with E-state index in [1.165, 1.54) is 36.1 Å². The maximum atomic E-state index is 7.21. The standard InChI is InChI=1S/C26H34O2Si/c1-26(2,3)29(19-10-6-4-7-11-19,20-12-8-5-9-13-20)27-18-23-21-14-16-24-25(28-24)17-15-22(21)23/h4-13,21-25H,14-18H2,1-3H3/t21-,22+,23?,24-,25+. The van der Waals surface area contributed by atoms with Crippen LogP contribution < -0.4 is 10.4 Å².